The molecule has 0 saturated carbocycles. The molecule has 0 amide bonds. The van der Waals surface area contributed by atoms with Crippen molar-refractivity contribution in [1.29, 1.82) is 0 Å². The summed E-state index contributed by atoms with van der Waals surface area (Å²) in [5.74, 6) is 0.200. The number of carbonyl (C=O) groups is 1. The number of carbonyl (C=O) groups excluding carboxylic acids is 1. The Labute approximate surface area is 110 Å². The molecule has 0 saturated heterocycles. The maximum absolute atomic E-state index is 11.8. The maximum Gasteiger partial charge on any atom is 0.162 e. The molecule has 0 aliphatic rings. The molecule has 1 N–H and O–H groups in total. The fourth-order valence-electron chi connectivity index (χ4n) is 1.94. The molecule has 0 heterocycles. The van der Waals surface area contributed by atoms with Crippen LogP contribution in [0.4, 0.5) is 0 Å². The summed E-state index contributed by atoms with van der Waals surface area (Å²) < 4.78 is 0. The zero-order valence-corrected chi connectivity index (χ0v) is 11.5. The summed E-state index contributed by atoms with van der Waals surface area (Å²) >= 11 is 0. The summed E-state index contributed by atoms with van der Waals surface area (Å²) in [6.07, 6.45) is 5.11. The Morgan fingerprint density at radius 1 is 1.11 bits per heavy atom. The minimum absolute atomic E-state index is 0.200. The van der Waals surface area contributed by atoms with Crippen LogP contribution in [0.25, 0.3) is 0 Å². The van der Waals surface area contributed by atoms with E-state index < -0.39 is 6.10 Å². The van der Waals surface area contributed by atoms with Gasteiger partial charge in [0.05, 0.1) is 6.10 Å². The summed E-state index contributed by atoms with van der Waals surface area (Å²) in [5, 5.41) is 9.94. The molecule has 0 fully saturated rings. The third-order valence-electron chi connectivity index (χ3n) is 3.21. The van der Waals surface area contributed by atoms with Crippen molar-refractivity contribution in [3.63, 3.8) is 0 Å². The molecule has 2 nitrogen and oxygen atoms in total. The monoisotopic (exact) mass is 248 g/mol. The predicted octanol–water partition coefficient (Wildman–Crippen LogP) is 4.28. The lowest BCUT2D eigenvalue weighted by molar-refractivity contribution is 0.0979. The number of unbranched alkanes of at least 4 members (excludes halogenated alkanes) is 2. The van der Waals surface area contributed by atoms with Crippen molar-refractivity contribution in [2.45, 2.75) is 58.5 Å². The minimum Gasteiger partial charge on any atom is -0.388 e. The minimum atomic E-state index is -0.398. The largest absolute Gasteiger partial charge is 0.388 e. The van der Waals surface area contributed by atoms with Crippen molar-refractivity contribution < 1.29 is 9.90 Å². The number of aliphatic hydroxyl groups excluding tert-OH is 1. The van der Waals surface area contributed by atoms with E-state index in [0.717, 1.165) is 43.2 Å². The van der Waals surface area contributed by atoms with Crippen LogP contribution in [0.3, 0.4) is 0 Å². The fraction of sp³-hybridized carbons (Fsp3) is 0.562. The highest BCUT2D eigenvalue weighted by atomic mass is 16.3. The van der Waals surface area contributed by atoms with Gasteiger partial charge in [0.15, 0.2) is 5.78 Å². The van der Waals surface area contributed by atoms with Gasteiger partial charge in [0.1, 0.15) is 0 Å². The third kappa shape index (κ3) is 4.61. The van der Waals surface area contributed by atoms with Crippen LogP contribution in [0.15, 0.2) is 24.3 Å². The predicted molar refractivity (Wildman–Crippen MR) is 74.8 cm³/mol. The molecular weight excluding hydrogens is 224 g/mol. The van der Waals surface area contributed by atoms with Crippen LogP contribution in [-0.4, -0.2) is 10.9 Å². The van der Waals surface area contributed by atoms with Crippen LogP contribution < -0.4 is 0 Å². The molecule has 1 atom stereocenters. The Bertz CT molecular complexity index is 354. The SMILES string of the molecule is CCCCC(=O)c1ccc(C(O)CCCC)cc1. The van der Waals surface area contributed by atoms with Crippen molar-refractivity contribution in [1.82, 2.24) is 0 Å². The van der Waals surface area contributed by atoms with E-state index in [-0.39, 0.29) is 5.78 Å². The topological polar surface area (TPSA) is 37.3 Å². The van der Waals surface area contributed by atoms with Crippen LogP contribution >= 0.6 is 0 Å². The molecule has 2 heteroatoms. The first-order valence-electron chi connectivity index (χ1n) is 7.00. The van der Waals surface area contributed by atoms with Gasteiger partial charge in [0.25, 0.3) is 0 Å². The molecule has 1 aromatic rings. The second-order valence-corrected chi connectivity index (χ2v) is 4.81. The van der Waals surface area contributed by atoms with Crippen molar-refractivity contribution in [3.05, 3.63) is 35.4 Å². The second kappa shape index (κ2) is 8.04. The summed E-state index contributed by atoms with van der Waals surface area (Å²) in [6, 6.07) is 7.42. The average molecular weight is 248 g/mol. The molecule has 18 heavy (non-hydrogen) atoms. The number of hydrogen-bond acceptors (Lipinski definition) is 2. The van der Waals surface area contributed by atoms with Gasteiger partial charge in [-0.25, -0.2) is 0 Å². The second-order valence-electron chi connectivity index (χ2n) is 4.81. The Kier molecular flexibility index (Phi) is 6.66. The Balaban J connectivity index is 2.59. The number of rotatable bonds is 8. The van der Waals surface area contributed by atoms with Crippen LogP contribution in [-0.2, 0) is 0 Å². The van der Waals surface area contributed by atoms with E-state index >= 15 is 0 Å². The van der Waals surface area contributed by atoms with Gasteiger partial charge in [-0.1, -0.05) is 57.4 Å². The van der Waals surface area contributed by atoms with Gasteiger partial charge >= 0.3 is 0 Å². The quantitative estimate of drug-likeness (QED) is 0.697. The molecule has 100 valence electrons. The van der Waals surface area contributed by atoms with Crippen molar-refractivity contribution in [3.8, 4) is 0 Å². The number of aliphatic hydroxyl groups is 1. The van der Waals surface area contributed by atoms with Crippen molar-refractivity contribution >= 4 is 5.78 Å². The number of ketones is 1. The molecule has 1 unspecified atom stereocenters. The van der Waals surface area contributed by atoms with Crippen LogP contribution in [0, 0.1) is 0 Å². The maximum atomic E-state index is 11.8. The third-order valence-corrected chi connectivity index (χ3v) is 3.21. The Morgan fingerprint density at radius 2 is 1.72 bits per heavy atom. The summed E-state index contributed by atoms with van der Waals surface area (Å²) in [4.78, 5) is 11.8. The summed E-state index contributed by atoms with van der Waals surface area (Å²) in [7, 11) is 0. The molecule has 0 radical (unpaired) electrons. The van der Waals surface area contributed by atoms with E-state index in [1.807, 2.05) is 24.3 Å². The zero-order valence-electron chi connectivity index (χ0n) is 11.5. The van der Waals surface area contributed by atoms with Crippen molar-refractivity contribution in [2.75, 3.05) is 0 Å². The normalized spacial score (nSPS) is 12.4. The van der Waals surface area contributed by atoms with Crippen LogP contribution in [0.5, 0.6) is 0 Å². The first-order valence-corrected chi connectivity index (χ1v) is 7.00. The molecule has 1 rings (SSSR count). The average Bonchev–Trinajstić information content (AvgIpc) is 2.42. The molecular formula is C16H24O2. The zero-order chi connectivity index (χ0) is 13.4. The van der Waals surface area contributed by atoms with Gasteiger partial charge in [-0.15, -0.1) is 0 Å². The van der Waals surface area contributed by atoms with Crippen LogP contribution in [0.1, 0.15) is 74.4 Å². The van der Waals surface area contributed by atoms with E-state index in [1.54, 1.807) is 0 Å². The molecule has 0 aromatic heterocycles. The Morgan fingerprint density at radius 3 is 2.28 bits per heavy atom. The van der Waals surface area contributed by atoms with Gasteiger partial charge in [-0.2, -0.15) is 0 Å². The number of benzene rings is 1. The fourth-order valence-corrected chi connectivity index (χ4v) is 1.94. The molecule has 0 spiro atoms. The van der Waals surface area contributed by atoms with E-state index in [2.05, 4.69) is 13.8 Å². The molecule has 1 aromatic carbocycles. The van der Waals surface area contributed by atoms with E-state index in [9.17, 15) is 9.90 Å². The molecule has 0 aliphatic heterocycles. The highest BCUT2D eigenvalue weighted by Crippen LogP contribution is 2.20. The lowest BCUT2D eigenvalue weighted by Gasteiger charge is -2.10. The van der Waals surface area contributed by atoms with Gasteiger partial charge in [0.2, 0.25) is 0 Å². The summed E-state index contributed by atoms with van der Waals surface area (Å²) in [6.45, 7) is 4.20. The first-order chi connectivity index (χ1) is 8.69. The lowest BCUT2D eigenvalue weighted by atomic mass is 10.00. The van der Waals surface area contributed by atoms with E-state index in [1.165, 1.54) is 0 Å². The van der Waals surface area contributed by atoms with Gasteiger partial charge in [-0.05, 0) is 18.4 Å². The number of hydrogen-bond donors (Lipinski definition) is 1. The van der Waals surface area contributed by atoms with E-state index in [4.69, 9.17) is 0 Å². The van der Waals surface area contributed by atoms with Gasteiger partial charge < -0.3 is 5.11 Å². The lowest BCUT2D eigenvalue weighted by Crippen LogP contribution is -2.01. The van der Waals surface area contributed by atoms with Crippen LogP contribution in [0.2, 0.25) is 0 Å². The Hall–Kier alpha value is -1.15. The van der Waals surface area contributed by atoms with Crippen molar-refractivity contribution in [2.24, 2.45) is 0 Å². The molecule has 0 aliphatic carbocycles. The highest BCUT2D eigenvalue weighted by molar-refractivity contribution is 5.96. The smallest absolute Gasteiger partial charge is 0.162 e. The standard InChI is InChI=1S/C16H24O2/c1-3-5-7-15(17)13-9-11-14(12-10-13)16(18)8-6-4-2/h9-12,15,17H,3-8H2,1-2H3. The van der Waals surface area contributed by atoms with E-state index in [0.29, 0.717) is 6.42 Å². The molecule has 0 bridgehead atoms. The summed E-state index contributed by atoms with van der Waals surface area (Å²) in [5.41, 5.74) is 1.67. The highest BCUT2D eigenvalue weighted by Gasteiger charge is 2.09. The van der Waals surface area contributed by atoms with Gasteiger partial charge in [-0.3, -0.25) is 4.79 Å². The van der Waals surface area contributed by atoms with Gasteiger partial charge in [0, 0.05) is 12.0 Å². The first kappa shape index (κ1) is 14.9. The number of Topliss-reactive ketones (excluding diaryl/α,β-unsaturated/α-hetero) is 1.